The Morgan fingerprint density at radius 2 is 1.88 bits per heavy atom. The lowest BCUT2D eigenvalue weighted by molar-refractivity contribution is -0.130. The van der Waals surface area contributed by atoms with Crippen LogP contribution in [-0.2, 0) is 10.3 Å². The topological polar surface area (TPSA) is 97.4 Å². The lowest BCUT2D eigenvalue weighted by Crippen LogP contribution is -2.42. The second-order valence-electron chi connectivity index (χ2n) is 7.91. The number of aromatic nitrogens is 2. The van der Waals surface area contributed by atoms with Crippen LogP contribution in [0.3, 0.4) is 0 Å². The van der Waals surface area contributed by atoms with Crippen LogP contribution >= 0.6 is 0 Å². The number of carbonyl (C=O) groups is 3. The van der Waals surface area contributed by atoms with Gasteiger partial charge in [0.05, 0.1) is 6.54 Å². The molecule has 0 radical (unpaired) electrons. The average molecular weight is 442 g/mol. The lowest BCUT2D eigenvalue weighted by Gasteiger charge is -2.22. The summed E-state index contributed by atoms with van der Waals surface area (Å²) in [4.78, 5) is 39.3. The van der Waals surface area contributed by atoms with Gasteiger partial charge in [0.1, 0.15) is 22.9 Å². The summed E-state index contributed by atoms with van der Waals surface area (Å²) in [6.45, 7) is 5.95. The van der Waals surface area contributed by atoms with E-state index in [1.807, 2.05) is 0 Å². The Morgan fingerprint density at radius 1 is 1.16 bits per heavy atom. The summed E-state index contributed by atoms with van der Waals surface area (Å²) in [6, 6.07) is 5.12. The standard InChI is InChI=1S/C22H20F2N4O4/c1-11-7-15(13(3)28(11)19-8-12(2)32-26-19)18(29)10-27-20(30)22(4,25-21(27)31)16-9-14(23)5-6-17(16)24/h5-9H,10H2,1-4H3,(H,25,31). The van der Waals surface area contributed by atoms with Crippen molar-refractivity contribution >= 4 is 17.7 Å². The quantitative estimate of drug-likeness (QED) is 0.483. The van der Waals surface area contributed by atoms with Crippen LogP contribution in [0.15, 0.2) is 34.9 Å². The molecule has 3 amide bonds. The van der Waals surface area contributed by atoms with E-state index in [0.29, 0.717) is 33.4 Å². The van der Waals surface area contributed by atoms with E-state index in [9.17, 15) is 23.2 Å². The monoisotopic (exact) mass is 442 g/mol. The number of Topliss-reactive ketones (excluding diaryl/α,β-unsaturated/α-hetero) is 1. The lowest BCUT2D eigenvalue weighted by atomic mass is 9.91. The molecule has 4 rings (SSSR count). The van der Waals surface area contributed by atoms with Crippen molar-refractivity contribution in [1.29, 1.82) is 0 Å². The molecule has 1 unspecified atom stereocenters. The second-order valence-corrected chi connectivity index (χ2v) is 7.91. The molecular formula is C22H20F2N4O4. The fourth-order valence-corrected chi connectivity index (χ4v) is 3.99. The van der Waals surface area contributed by atoms with Gasteiger partial charge >= 0.3 is 6.03 Å². The first-order valence-corrected chi connectivity index (χ1v) is 9.78. The number of hydrogen-bond acceptors (Lipinski definition) is 5. The molecule has 2 aromatic heterocycles. The number of aryl methyl sites for hydroxylation is 2. The third kappa shape index (κ3) is 3.28. The van der Waals surface area contributed by atoms with Gasteiger partial charge in [-0.25, -0.2) is 13.6 Å². The summed E-state index contributed by atoms with van der Waals surface area (Å²) in [7, 11) is 0. The Morgan fingerprint density at radius 3 is 2.53 bits per heavy atom. The summed E-state index contributed by atoms with van der Waals surface area (Å²) in [5, 5.41) is 6.34. The summed E-state index contributed by atoms with van der Waals surface area (Å²) in [6.07, 6.45) is 0. The highest BCUT2D eigenvalue weighted by Crippen LogP contribution is 2.31. The number of nitrogens with zero attached hydrogens (tertiary/aromatic N) is 3. The van der Waals surface area contributed by atoms with Gasteiger partial charge in [0, 0.05) is 28.6 Å². The Balaban J connectivity index is 1.63. The first-order chi connectivity index (χ1) is 15.0. The zero-order valence-electron chi connectivity index (χ0n) is 17.8. The Labute approximate surface area is 181 Å². The predicted molar refractivity (Wildman–Crippen MR) is 108 cm³/mol. The SMILES string of the molecule is Cc1cc(-n2c(C)cc(C(=O)CN3C(=O)NC(C)(c4cc(F)ccc4F)C3=O)c2C)no1. The molecule has 32 heavy (non-hydrogen) atoms. The van der Waals surface area contributed by atoms with Crippen molar-refractivity contribution in [3.63, 3.8) is 0 Å². The van der Waals surface area contributed by atoms with E-state index in [1.54, 1.807) is 37.5 Å². The predicted octanol–water partition coefficient (Wildman–Crippen LogP) is 3.32. The largest absolute Gasteiger partial charge is 0.360 e. The van der Waals surface area contributed by atoms with Gasteiger partial charge in [-0.3, -0.25) is 19.1 Å². The minimum Gasteiger partial charge on any atom is -0.360 e. The van der Waals surface area contributed by atoms with Crippen LogP contribution in [0.5, 0.6) is 0 Å². The van der Waals surface area contributed by atoms with E-state index in [2.05, 4.69) is 10.5 Å². The van der Waals surface area contributed by atoms with Crippen molar-refractivity contribution in [2.45, 2.75) is 33.2 Å². The molecule has 1 fully saturated rings. The molecule has 0 spiro atoms. The minimum absolute atomic E-state index is 0.300. The van der Waals surface area contributed by atoms with Crippen LogP contribution in [0.4, 0.5) is 13.6 Å². The molecule has 10 heteroatoms. The highest BCUT2D eigenvalue weighted by atomic mass is 19.1. The fourth-order valence-electron chi connectivity index (χ4n) is 3.99. The summed E-state index contributed by atoms with van der Waals surface area (Å²) >= 11 is 0. The maximum Gasteiger partial charge on any atom is 0.325 e. The number of benzene rings is 1. The van der Waals surface area contributed by atoms with Crippen molar-refractivity contribution in [2.24, 2.45) is 0 Å². The van der Waals surface area contributed by atoms with Gasteiger partial charge in [0.15, 0.2) is 11.6 Å². The molecular weight excluding hydrogens is 422 g/mol. The van der Waals surface area contributed by atoms with Crippen LogP contribution in [0.2, 0.25) is 0 Å². The highest BCUT2D eigenvalue weighted by Gasteiger charge is 2.51. The molecule has 1 aliphatic rings. The number of carbonyl (C=O) groups excluding carboxylic acids is 3. The smallest absolute Gasteiger partial charge is 0.325 e. The van der Waals surface area contributed by atoms with Crippen molar-refractivity contribution in [3.8, 4) is 5.82 Å². The highest BCUT2D eigenvalue weighted by molar-refractivity contribution is 6.11. The average Bonchev–Trinajstić information content (AvgIpc) is 3.34. The van der Waals surface area contributed by atoms with Crippen LogP contribution in [0.25, 0.3) is 5.82 Å². The number of rotatable bonds is 5. The first kappa shape index (κ1) is 21.4. The first-order valence-electron chi connectivity index (χ1n) is 9.78. The van der Waals surface area contributed by atoms with Crippen molar-refractivity contribution in [3.05, 3.63) is 70.2 Å². The van der Waals surface area contributed by atoms with Gasteiger partial charge in [-0.15, -0.1) is 0 Å². The van der Waals surface area contributed by atoms with Crippen LogP contribution < -0.4 is 5.32 Å². The molecule has 0 bridgehead atoms. The van der Waals surface area contributed by atoms with Gasteiger partial charge in [-0.05, 0) is 52.0 Å². The molecule has 1 saturated heterocycles. The third-order valence-electron chi connectivity index (χ3n) is 5.62. The summed E-state index contributed by atoms with van der Waals surface area (Å²) in [5.41, 5.74) is -0.576. The van der Waals surface area contributed by atoms with E-state index in [4.69, 9.17) is 4.52 Å². The van der Waals surface area contributed by atoms with E-state index in [-0.39, 0.29) is 5.56 Å². The number of amides is 3. The van der Waals surface area contributed by atoms with Gasteiger partial charge in [-0.1, -0.05) is 5.16 Å². The summed E-state index contributed by atoms with van der Waals surface area (Å²) in [5.74, 6) is -1.83. The van der Waals surface area contributed by atoms with E-state index in [1.165, 1.54) is 6.92 Å². The maximum atomic E-state index is 14.3. The summed E-state index contributed by atoms with van der Waals surface area (Å²) < 4.78 is 34.8. The Kier molecular flexibility index (Phi) is 4.95. The molecule has 3 aromatic rings. The number of hydrogen-bond donors (Lipinski definition) is 1. The third-order valence-corrected chi connectivity index (χ3v) is 5.62. The molecule has 8 nitrogen and oxygen atoms in total. The molecule has 1 atom stereocenters. The van der Waals surface area contributed by atoms with E-state index in [0.717, 1.165) is 18.2 Å². The van der Waals surface area contributed by atoms with Gasteiger partial charge in [0.25, 0.3) is 5.91 Å². The van der Waals surface area contributed by atoms with Crippen LogP contribution in [0, 0.1) is 32.4 Å². The molecule has 1 aromatic carbocycles. The van der Waals surface area contributed by atoms with Crippen molar-refractivity contribution in [1.82, 2.24) is 19.9 Å². The molecule has 1 aliphatic heterocycles. The van der Waals surface area contributed by atoms with Gasteiger partial charge < -0.3 is 9.84 Å². The molecule has 3 heterocycles. The van der Waals surface area contributed by atoms with Gasteiger partial charge in [-0.2, -0.15) is 0 Å². The maximum absolute atomic E-state index is 14.3. The number of ketones is 1. The zero-order valence-corrected chi connectivity index (χ0v) is 17.8. The Bertz CT molecular complexity index is 1280. The minimum atomic E-state index is -1.83. The Hall–Kier alpha value is -3.82. The zero-order chi connectivity index (χ0) is 23.4. The van der Waals surface area contributed by atoms with E-state index < -0.39 is 41.4 Å². The van der Waals surface area contributed by atoms with Crippen LogP contribution in [0.1, 0.15) is 40.0 Å². The molecule has 166 valence electrons. The van der Waals surface area contributed by atoms with Crippen molar-refractivity contribution in [2.75, 3.05) is 6.54 Å². The number of urea groups is 1. The van der Waals surface area contributed by atoms with Crippen LogP contribution in [-0.4, -0.2) is 38.9 Å². The second kappa shape index (κ2) is 7.40. The van der Waals surface area contributed by atoms with Gasteiger partial charge in [0.2, 0.25) is 0 Å². The number of nitrogens with one attached hydrogen (secondary N) is 1. The molecule has 1 N–H and O–H groups in total. The number of imide groups is 1. The van der Waals surface area contributed by atoms with E-state index >= 15 is 0 Å². The molecule has 0 aliphatic carbocycles. The fraction of sp³-hybridized carbons (Fsp3) is 0.273. The van der Waals surface area contributed by atoms with Crippen molar-refractivity contribution < 1.29 is 27.7 Å². The normalized spacial score (nSPS) is 18.4. The molecule has 0 saturated carbocycles. The number of halogens is 2.